The summed E-state index contributed by atoms with van der Waals surface area (Å²) in [4.78, 5) is 13.9. The predicted octanol–water partition coefficient (Wildman–Crippen LogP) is 3.71. The van der Waals surface area contributed by atoms with Crippen LogP contribution in [0.5, 0.6) is 0 Å². The highest BCUT2D eigenvalue weighted by Crippen LogP contribution is 2.33. The first-order chi connectivity index (χ1) is 10.5. The van der Waals surface area contributed by atoms with Crippen molar-refractivity contribution < 1.29 is 9.21 Å². The maximum absolute atomic E-state index is 12.2. The zero-order valence-electron chi connectivity index (χ0n) is 13.3. The van der Waals surface area contributed by atoms with Crippen LogP contribution in [0.2, 0.25) is 5.02 Å². The Kier molecular flexibility index (Phi) is 5.19. The Morgan fingerprint density at radius 3 is 2.50 bits per heavy atom. The van der Waals surface area contributed by atoms with Gasteiger partial charge >= 0.3 is 0 Å². The molecule has 0 spiro atoms. The summed E-state index contributed by atoms with van der Waals surface area (Å²) in [6.45, 7) is 7.59. The number of rotatable bonds is 5. The van der Waals surface area contributed by atoms with Gasteiger partial charge in [0.25, 0.3) is 0 Å². The van der Waals surface area contributed by atoms with Gasteiger partial charge in [0.1, 0.15) is 6.54 Å². The maximum atomic E-state index is 12.2. The van der Waals surface area contributed by atoms with Gasteiger partial charge in [-0.2, -0.15) is 0 Å². The van der Waals surface area contributed by atoms with E-state index < -0.39 is 0 Å². The number of nitrogens with zero attached hydrogens (tertiary/aromatic N) is 3. The van der Waals surface area contributed by atoms with Crippen molar-refractivity contribution in [2.75, 3.05) is 4.90 Å². The SMILES string of the molecule is CCc1ccc(Cl)c(CC)c1N(Cc1nnc(C)o1)C(C)=O. The Balaban J connectivity index is 2.52. The minimum atomic E-state index is -0.0810. The van der Waals surface area contributed by atoms with Gasteiger partial charge in [-0.3, -0.25) is 4.79 Å². The fourth-order valence-electron chi connectivity index (χ4n) is 2.50. The largest absolute Gasteiger partial charge is 0.424 e. The molecule has 0 aliphatic rings. The van der Waals surface area contributed by atoms with Crippen LogP contribution in [0.3, 0.4) is 0 Å². The lowest BCUT2D eigenvalue weighted by molar-refractivity contribution is -0.116. The van der Waals surface area contributed by atoms with Crippen molar-refractivity contribution in [3.63, 3.8) is 0 Å². The van der Waals surface area contributed by atoms with E-state index in [1.54, 1.807) is 11.8 Å². The van der Waals surface area contributed by atoms with Crippen LogP contribution in [-0.4, -0.2) is 16.1 Å². The van der Waals surface area contributed by atoms with Crippen LogP contribution < -0.4 is 4.90 Å². The third kappa shape index (κ3) is 3.30. The number of aromatic nitrogens is 2. The van der Waals surface area contributed by atoms with Gasteiger partial charge in [0, 0.05) is 18.9 Å². The monoisotopic (exact) mass is 321 g/mol. The number of halogens is 1. The zero-order chi connectivity index (χ0) is 16.3. The van der Waals surface area contributed by atoms with Crippen LogP contribution in [0.4, 0.5) is 5.69 Å². The van der Waals surface area contributed by atoms with E-state index >= 15 is 0 Å². The van der Waals surface area contributed by atoms with Crippen molar-refractivity contribution in [3.05, 3.63) is 40.1 Å². The Morgan fingerprint density at radius 2 is 2.00 bits per heavy atom. The lowest BCUT2D eigenvalue weighted by Gasteiger charge is -2.26. The van der Waals surface area contributed by atoms with Gasteiger partial charge in [-0.05, 0) is 30.0 Å². The van der Waals surface area contributed by atoms with Gasteiger partial charge in [0.05, 0.1) is 5.69 Å². The van der Waals surface area contributed by atoms with Crippen LogP contribution in [-0.2, 0) is 24.2 Å². The molecular formula is C16H20ClN3O2. The van der Waals surface area contributed by atoms with Crippen LogP contribution in [0.25, 0.3) is 0 Å². The second-order valence-electron chi connectivity index (χ2n) is 5.06. The molecule has 0 fully saturated rings. The molecule has 2 rings (SSSR count). The van der Waals surface area contributed by atoms with Gasteiger partial charge < -0.3 is 9.32 Å². The summed E-state index contributed by atoms with van der Waals surface area (Å²) in [5.41, 5.74) is 2.90. The molecule has 0 unspecified atom stereocenters. The molecule has 0 aliphatic heterocycles. The maximum Gasteiger partial charge on any atom is 0.236 e. The molecule has 0 atom stereocenters. The van der Waals surface area contributed by atoms with E-state index in [0.29, 0.717) is 16.8 Å². The molecule has 118 valence electrons. The molecule has 0 N–H and O–H groups in total. The average molecular weight is 322 g/mol. The molecule has 2 aromatic rings. The van der Waals surface area contributed by atoms with E-state index in [1.807, 2.05) is 19.1 Å². The molecule has 0 radical (unpaired) electrons. The Labute approximate surface area is 135 Å². The molecule has 0 aliphatic carbocycles. The molecule has 6 heteroatoms. The third-order valence-corrected chi connectivity index (χ3v) is 3.91. The number of benzene rings is 1. The summed E-state index contributed by atoms with van der Waals surface area (Å²) in [7, 11) is 0. The first-order valence-corrected chi connectivity index (χ1v) is 7.73. The lowest BCUT2D eigenvalue weighted by Crippen LogP contribution is -2.30. The summed E-state index contributed by atoms with van der Waals surface area (Å²) < 4.78 is 5.41. The van der Waals surface area contributed by atoms with Crippen molar-refractivity contribution in [2.45, 2.75) is 47.1 Å². The fourth-order valence-corrected chi connectivity index (χ4v) is 2.79. The van der Waals surface area contributed by atoms with Gasteiger partial charge in [-0.15, -0.1) is 10.2 Å². The summed E-state index contributed by atoms with van der Waals surface area (Å²) in [5.74, 6) is 0.815. The number of aryl methyl sites for hydroxylation is 2. The summed E-state index contributed by atoms with van der Waals surface area (Å²) in [6.07, 6.45) is 1.56. The van der Waals surface area contributed by atoms with E-state index in [0.717, 1.165) is 29.7 Å². The highest BCUT2D eigenvalue weighted by atomic mass is 35.5. The van der Waals surface area contributed by atoms with Crippen LogP contribution in [0.1, 0.15) is 43.7 Å². The second-order valence-corrected chi connectivity index (χ2v) is 5.47. The number of hydrogen-bond donors (Lipinski definition) is 0. The molecular weight excluding hydrogens is 302 g/mol. The van der Waals surface area contributed by atoms with Crippen LogP contribution >= 0.6 is 11.6 Å². The van der Waals surface area contributed by atoms with Gasteiger partial charge in [0.15, 0.2) is 0 Å². The van der Waals surface area contributed by atoms with Crippen molar-refractivity contribution in [1.29, 1.82) is 0 Å². The minimum Gasteiger partial charge on any atom is -0.424 e. The summed E-state index contributed by atoms with van der Waals surface area (Å²) in [6, 6.07) is 3.85. The molecule has 1 amide bonds. The highest BCUT2D eigenvalue weighted by molar-refractivity contribution is 6.32. The van der Waals surface area contributed by atoms with Gasteiger partial charge in [-0.25, -0.2) is 0 Å². The van der Waals surface area contributed by atoms with E-state index in [9.17, 15) is 4.79 Å². The first kappa shape index (κ1) is 16.5. The molecule has 0 bridgehead atoms. The Morgan fingerprint density at radius 1 is 1.27 bits per heavy atom. The zero-order valence-corrected chi connectivity index (χ0v) is 14.1. The summed E-state index contributed by atoms with van der Waals surface area (Å²) in [5, 5.41) is 8.47. The average Bonchev–Trinajstić information content (AvgIpc) is 2.89. The summed E-state index contributed by atoms with van der Waals surface area (Å²) >= 11 is 6.32. The molecule has 0 saturated carbocycles. The van der Waals surface area contributed by atoms with E-state index in [-0.39, 0.29) is 12.5 Å². The first-order valence-electron chi connectivity index (χ1n) is 7.35. The predicted molar refractivity (Wildman–Crippen MR) is 86.1 cm³/mol. The highest BCUT2D eigenvalue weighted by Gasteiger charge is 2.22. The van der Waals surface area contributed by atoms with E-state index in [4.69, 9.17) is 16.0 Å². The Bertz CT molecular complexity index is 682. The molecule has 1 aromatic heterocycles. The van der Waals surface area contributed by atoms with Crippen molar-refractivity contribution in [3.8, 4) is 0 Å². The number of hydrogen-bond acceptors (Lipinski definition) is 4. The molecule has 1 aromatic carbocycles. The van der Waals surface area contributed by atoms with Crippen LogP contribution in [0.15, 0.2) is 16.5 Å². The third-order valence-electron chi connectivity index (χ3n) is 3.55. The van der Waals surface area contributed by atoms with Gasteiger partial charge in [0.2, 0.25) is 17.7 Å². The van der Waals surface area contributed by atoms with Crippen LogP contribution in [0, 0.1) is 6.92 Å². The quantitative estimate of drug-likeness (QED) is 0.842. The lowest BCUT2D eigenvalue weighted by atomic mass is 10.0. The number of anilines is 1. The smallest absolute Gasteiger partial charge is 0.236 e. The molecule has 22 heavy (non-hydrogen) atoms. The van der Waals surface area contributed by atoms with Crippen molar-refractivity contribution in [2.24, 2.45) is 0 Å². The van der Waals surface area contributed by atoms with Crippen molar-refractivity contribution in [1.82, 2.24) is 10.2 Å². The molecule has 1 heterocycles. The number of carbonyl (C=O) groups is 1. The van der Waals surface area contributed by atoms with E-state index in [2.05, 4.69) is 17.1 Å². The normalized spacial score (nSPS) is 10.8. The topological polar surface area (TPSA) is 59.2 Å². The Hall–Kier alpha value is -1.88. The molecule has 5 nitrogen and oxygen atoms in total. The molecule has 0 saturated heterocycles. The standard InChI is InChI=1S/C16H20ClN3O2/c1-5-12-7-8-14(17)13(6-2)16(12)20(11(4)21)9-15-19-18-10(3)22-15/h7-8H,5-6,9H2,1-4H3. The number of carbonyl (C=O) groups excluding carboxylic acids is 1. The minimum absolute atomic E-state index is 0.0810. The van der Waals surface area contributed by atoms with Crippen molar-refractivity contribution >= 4 is 23.2 Å². The van der Waals surface area contributed by atoms with E-state index in [1.165, 1.54) is 6.92 Å². The second kappa shape index (κ2) is 6.92. The fraction of sp³-hybridized carbons (Fsp3) is 0.438. The number of amides is 1. The van der Waals surface area contributed by atoms with Gasteiger partial charge in [-0.1, -0.05) is 31.5 Å².